The quantitative estimate of drug-likeness (QED) is 0.667. The average molecular weight is 238 g/mol. The Labute approximate surface area is 104 Å². The molecule has 96 valence electrons. The first-order valence-corrected chi connectivity index (χ1v) is 6.43. The molecule has 3 heteroatoms. The van der Waals surface area contributed by atoms with Crippen molar-refractivity contribution >= 4 is 0 Å². The number of rotatable bonds is 8. The van der Waals surface area contributed by atoms with Gasteiger partial charge >= 0.3 is 0 Å². The lowest BCUT2D eigenvalue weighted by Gasteiger charge is -2.10. The van der Waals surface area contributed by atoms with Crippen molar-refractivity contribution in [2.45, 2.75) is 26.2 Å². The molecule has 0 bridgehead atoms. The van der Waals surface area contributed by atoms with E-state index in [-0.39, 0.29) is 6.61 Å². The van der Waals surface area contributed by atoms with Crippen LogP contribution in [-0.2, 0) is 0 Å². The number of hydrogen-bond donors (Lipinski definition) is 2. The van der Waals surface area contributed by atoms with Crippen LogP contribution >= 0.6 is 0 Å². The second-order valence-electron chi connectivity index (χ2n) is 4.32. The van der Waals surface area contributed by atoms with Crippen molar-refractivity contribution in [3.05, 3.63) is 29.8 Å². The lowest BCUT2D eigenvalue weighted by atomic mass is 9.99. The van der Waals surface area contributed by atoms with Crippen LogP contribution in [0.5, 0.6) is 5.75 Å². The number of ether oxygens (including phenoxy) is 1. The minimum Gasteiger partial charge on any atom is -0.488 e. The van der Waals surface area contributed by atoms with Crippen molar-refractivity contribution in [3.8, 4) is 5.75 Å². The van der Waals surface area contributed by atoms with E-state index in [2.05, 4.69) is 26.0 Å². The second-order valence-corrected chi connectivity index (χ2v) is 4.32. The maximum atomic E-state index is 8.62. The van der Waals surface area contributed by atoms with Gasteiger partial charge in [-0.15, -0.1) is 0 Å². The Bertz CT molecular complexity index is 298. The lowest BCUT2D eigenvalue weighted by Crippen LogP contribution is -2.86. The molecule has 0 unspecified atom stereocenters. The van der Waals surface area contributed by atoms with Gasteiger partial charge in [0.15, 0.2) is 0 Å². The minimum atomic E-state index is 0.226. The Morgan fingerprint density at radius 1 is 1.24 bits per heavy atom. The summed E-state index contributed by atoms with van der Waals surface area (Å²) in [4.78, 5) is 0. The van der Waals surface area contributed by atoms with Crippen molar-refractivity contribution < 1.29 is 15.2 Å². The van der Waals surface area contributed by atoms with Crippen molar-refractivity contribution in [1.82, 2.24) is 0 Å². The molecule has 0 amide bonds. The average Bonchev–Trinajstić information content (AvgIpc) is 2.38. The molecule has 1 aromatic rings. The van der Waals surface area contributed by atoms with Gasteiger partial charge < -0.3 is 15.2 Å². The second kappa shape index (κ2) is 8.09. The van der Waals surface area contributed by atoms with E-state index in [1.807, 2.05) is 17.4 Å². The highest BCUT2D eigenvalue weighted by Gasteiger charge is 2.02. The summed E-state index contributed by atoms with van der Waals surface area (Å²) in [7, 11) is 0. The van der Waals surface area contributed by atoms with Gasteiger partial charge in [-0.3, -0.25) is 0 Å². The van der Waals surface area contributed by atoms with Gasteiger partial charge in [0.25, 0.3) is 0 Å². The zero-order valence-corrected chi connectivity index (χ0v) is 10.9. The predicted octanol–water partition coefficient (Wildman–Crippen LogP) is 1.13. The van der Waals surface area contributed by atoms with Crippen LogP contribution < -0.4 is 10.1 Å². The fourth-order valence-electron chi connectivity index (χ4n) is 1.62. The first-order chi connectivity index (χ1) is 8.27. The van der Waals surface area contributed by atoms with Crippen molar-refractivity contribution in [2.24, 2.45) is 0 Å². The topological polar surface area (TPSA) is 46.1 Å². The van der Waals surface area contributed by atoms with Crippen LogP contribution in [0, 0.1) is 0 Å². The highest BCUT2D eigenvalue weighted by Crippen LogP contribution is 2.21. The van der Waals surface area contributed by atoms with Gasteiger partial charge in [0.2, 0.25) is 0 Å². The number of hydrogen-bond acceptors (Lipinski definition) is 2. The van der Waals surface area contributed by atoms with Gasteiger partial charge in [-0.2, -0.15) is 0 Å². The zero-order chi connectivity index (χ0) is 12.5. The molecule has 3 N–H and O–H groups in total. The summed E-state index contributed by atoms with van der Waals surface area (Å²) >= 11 is 0. The highest BCUT2D eigenvalue weighted by molar-refractivity contribution is 5.29. The molecular weight excluding hydrogens is 214 g/mol. The smallest absolute Gasteiger partial charge is 0.137 e. The maximum absolute atomic E-state index is 8.62. The fraction of sp³-hybridized carbons (Fsp3) is 0.571. The molecule has 1 aromatic carbocycles. The molecule has 0 saturated heterocycles. The Balaban J connectivity index is 2.30. The molecule has 0 aliphatic rings. The van der Waals surface area contributed by atoms with Crippen LogP contribution in [-0.4, -0.2) is 31.4 Å². The van der Waals surface area contributed by atoms with E-state index in [1.54, 1.807) is 0 Å². The van der Waals surface area contributed by atoms with E-state index in [1.165, 1.54) is 5.56 Å². The van der Waals surface area contributed by atoms with E-state index in [0.717, 1.165) is 25.3 Å². The van der Waals surface area contributed by atoms with Gasteiger partial charge in [-0.05, 0) is 30.0 Å². The molecule has 3 nitrogen and oxygen atoms in total. The summed E-state index contributed by atoms with van der Waals surface area (Å²) in [6, 6.07) is 8.35. The van der Waals surface area contributed by atoms with Crippen LogP contribution in [0.15, 0.2) is 24.3 Å². The Morgan fingerprint density at radius 3 is 2.53 bits per heavy atom. The third kappa shape index (κ3) is 5.20. The molecule has 1 atom stereocenters. The molecule has 0 aliphatic heterocycles. The lowest BCUT2D eigenvalue weighted by molar-refractivity contribution is -0.656. The molecule has 0 saturated carbocycles. The van der Waals surface area contributed by atoms with Crippen LogP contribution in [0.4, 0.5) is 0 Å². The SMILES string of the molecule is CC[C@H](C)c1ccc(OCC[NH2+]CCO)cc1. The molecule has 0 aromatic heterocycles. The van der Waals surface area contributed by atoms with Gasteiger partial charge in [0, 0.05) is 0 Å². The molecule has 0 aliphatic carbocycles. The van der Waals surface area contributed by atoms with Gasteiger partial charge in [-0.1, -0.05) is 26.0 Å². The van der Waals surface area contributed by atoms with E-state index in [0.29, 0.717) is 12.5 Å². The van der Waals surface area contributed by atoms with Gasteiger partial charge in [-0.25, -0.2) is 0 Å². The van der Waals surface area contributed by atoms with Crippen LogP contribution in [0.25, 0.3) is 0 Å². The summed E-state index contributed by atoms with van der Waals surface area (Å²) < 4.78 is 5.61. The van der Waals surface area contributed by atoms with Gasteiger partial charge in [0.1, 0.15) is 18.9 Å². The number of benzene rings is 1. The molecule has 1 rings (SSSR count). The van der Waals surface area contributed by atoms with Crippen LogP contribution in [0.3, 0.4) is 0 Å². The largest absolute Gasteiger partial charge is 0.488 e. The zero-order valence-electron chi connectivity index (χ0n) is 10.9. The Kier molecular flexibility index (Phi) is 6.67. The molecule has 0 spiro atoms. The van der Waals surface area contributed by atoms with Crippen LogP contribution in [0.2, 0.25) is 0 Å². The summed E-state index contributed by atoms with van der Waals surface area (Å²) in [6.45, 7) is 6.97. The number of aliphatic hydroxyl groups is 1. The number of quaternary nitrogens is 1. The van der Waals surface area contributed by atoms with Crippen LogP contribution in [0.1, 0.15) is 31.7 Å². The molecule has 0 heterocycles. The summed E-state index contributed by atoms with van der Waals surface area (Å²) in [5, 5.41) is 10.7. The third-order valence-electron chi connectivity index (χ3n) is 2.99. The molecule has 0 radical (unpaired) electrons. The van der Waals surface area contributed by atoms with Crippen molar-refractivity contribution in [1.29, 1.82) is 0 Å². The number of nitrogens with two attached hydrogens (primary N) is 1. The molecule has 17 heavy (non-hydrogen) atoms. The third-order valence-corrected chi connectivity index (χ3v) is 2.99. The summed E-state index contributed by atoms with van der Waals surface area (Å²) in [5.41, 5.74) is 1.37. The fourth-order valence-corrected chi connectivity index (χ4v) is 1.62. The highest BCUT2D eigenvalue weighted by atomic mass is 16.5. The Morgan fingerprint density at radius 2 is 1.94 bits per heavy atom. The summed E-state index contributed by atoms with van der Waals surface area (Å²) in [6.07, 6.45) is 1.16. The summed E-state index contributed by atoms with van der Waals surface area (Å²) in [5.74, 6) is 1.54. The van der Waals surface area contributed by atoms with E-state index < -0.39 is 0 Å². The van der Waals surface area contributed by atoms with Crippen molar-refractivity contribution in [3.63, 3.8) is 0 Å². The van der Waals surface area contributed by atoms with E-state index >= 15 is 0 Å². The van der Waals surface area contributed by atoms with E-state index in [4.69, 9.17) is 9.84 Å². The standard InChI is InChI=1S/C14H23NO2/c1-3-12(2)13-4-6-14(7-5-13)17-11-9-15-8-10-16/h4-7,12,15-16H,3,8-11H2,1-2H3/p+1/t12-/m0/s1. The normalized spacial score (nSPS) is 12.4. The molecule has 0 fully saturated rings. The Hall–Kier alpha value is -1.06. The molecular formula is C14H24NO2+. The monoisotopic (exact) mass is 238 g/mol. The first-order valence-electron chi connectivity index (χ1n) is 6.43. The van der Waals surface area contributed by atoms with Crippen molar-refractivity contribution in [2.75, 3.05) is 26.3 Å². The minimum absolute atomic E-state index is 0.226. The first kappa shape index (κ1) is 14.0. The predicted molar refractivity (Wildman–Crippen MR) is 69.4 cm³/mol. The van der Waals surface area contributed by atoms with Gasteiger partial charge in [0.05, 0.1) is 13.2 Å². The number of aliphatic hydroxyl groups excluding tert-OH is 1. The maximum Gasteiger partial charge on any atom is 0.137 e. The van der Waals surface area contributed by atoms with E-state index in [9.17, 15) is 0 Å².